The molecule has 0 radical (unpaired) electrons. The molecule has 2 heterocycles. The molecule has 2 aliphatic rings. The number of hydrogen-bond donors (Lipinski definition) is 7. The Kier molecular flexibility index (Phi) is 35.3. The van der Waals surface area contributed by atoms with Gasteiger partial charge in [-0.2, -0.15) is 0 Å². The summed E-state index contributed by atoms with van der Waals surface area (Å²) in [6.07, 6.45) is 20.9. The Bertz CT molecular complexity index is 1240. The van der Waals surface area contributed by atoms with Crippen molar-refractivity contribution in [2.45, 2.75) is 261 Å². The molecule has 7 N–H and O–H groups in total. The van der Waals surface area contributed by atoms with Crippen LogP contribution < -0.4 is 0 Å². The second-order valence-corrected chi connectivity index (χ2v) is 18.4. The molecule has 15 heteroatoms. The first-order valence-corrected chi connectivity index (χ1v) is 25.9. The lowest BCUT2D eigenvalue weighted by molar-refractivity contribution is -0.332. The number of aliphatic hydroxyl groups excluding tert-OH is 7. The van der Waals surface area contributed by atoms with E-state index in [-0.39, 0.29) is 26.1 Å². The minimum atomic E-state index is -1.76. The zero-order valence-corrected chi connectivity index (χ0v) is 40.5. The number of hydrogen-bond acceptors (Lipinski definition) is 15. The topological polar surface area (TPSA) is 231 Å². The van der Waals surface area contributed by atoms with Crippen LogP contribution in [0.15, 0.2) is 24.8 Å². The summed E-state index contributed by atoms with van der Waals surface area (Å²) in [6, 6.07) is 0. The fraction of sp³-hybridized carbons (Fsp3) is 0.882. The SMILES string of the molecule is C=CCCCCCCCCCCCCCCCC(=O)OC[C@H](CO[C@@H]1O[C@H](CO[C@@H]2O[C@H](CO)[C@H](O)C(O)C2O)[C@H](O)C(O)C1O)OC(=O)CCCCCCCCCCC/C=C/CCCC. The van der Waals surface area contributed by atoms with Crippen LogP contribution in [0.1, 0.15) is 193 Å². The van der Waals surface area contributed by atoms with Crippen molar-refractivity contribution in [1.82, 2.24) is 0 Å². The lowest BCUT2D eigenvalue weighted by atomic mass is 9.98. The summed E-state index contributed by atoms with van der Waals surface area (Å²) < 4.78 is 33.6. The fourth-order valence-electron chi connectivity index (χ4n) is 8.24. The number of rotatable bonds is 41. The molecule has 0 aromatic heterocycles. The summed E-state index contributed by atoms with van der Waals surface area (Å²) >= 11 is 0. The van der Waals surface area contributed by atoms with E-state index in [1.807, 2.05) is 6.08 Å². The van der Waals surface area contributed by atoms with Gasteiger partial charge in [-0.1, -0.05) is 154 Å². The van der Waals surface area contributed by atoms with Gasteiger partial charge >= 0.3 is 11.9 Å². The van der Waals surface area contributed by atoms with Crippen molar-refractivity contribution in [3.63, 3.8) is 0 Å². The maximum atomic E-state index is 13.0. The van der Waals surface area contributed by atoms with E-state index in [1.54, 1.807) is 0 Å². The molecule has 2 aliphatic heterocycles. The largest absolute Gasteiger partial charge is 0.462 e. The van der Waals surface area contributed by atoms with Crippen molar-refractivity contribution in [2.24, 2.45) is 0 Å². The van der Waals surface area contributed by atoms with E-state index in [0.29, 0.717) is 12.8 Å². The Morgan fingerprint density at radius 2 is 0.939 bits per heavy atom. The second kappa shape index (κ2) is 38.8. The van der Waals surface area contributed by atoms with E-state index in [4.69, 9.17) is 28.4 Å². The van der Waals surface area contributed by atoms with Crippen LogP contribution in [0.5, 0.6) is 0 Å². The van der Waals surface area contributed by atoms with Gasteiger partial charge in [0.15, 0.2) is 18.7 Å². The van der Waals surface area contributed by atoms with E-state index in [0.717, 1.165) is 51.4 Å². The monoisotopic (exact) mass is 945 g/mol. The quantitative estimate of drug-likeness (QED) is 0.0183. The van der Waals surface area contributed by atoms with Crippen molar-refractivity contribution in [1.29, 1.82) is 0 Å². The van der Waals surface area contributed by atoms with Gasteiger partial charge in [-0.3, -0.25) is 9.59 Å². The maximum absolute atomic E-state index is 13.0. The number of carbonyl (C=O) groups is 2. The molecule has 15 nitrogen and oxygen atoms in total. The molecule has 0 amide bonds. The number of aliphatic hydroxyl groups is 7. The van der Waals surface area contributed by atoms with Crippen LogP contribution in [-0.4, -0.2) is 142 Å². The molecular weight excluding hydrogens is 853 g/mol. The van der Waals surface area contributed by atoms with Crippen LogP contribution in [0.2, 0.25) is 0 Å². The minimum Gasteiger partial charge on any atom is -0.462 e. The van der Waals surface area contributed by atoms with E-state index >= 15 is 0 Å². The molecule has 0 saturated carbocycles. The molecule has 386 valence electrons. The number of carbonyl (C=O) groups excluding carboxylic acids is 2. The molecule has 2 rings (SSSR count). The number of allylic oxidation sites excluding steroid dienone is 3. The lowest BCUT2D eigenvalue weighted by Crippen LogP contribution is -2.61. The maximum Gasteiger partial charge on any atom is 0.306 e. The average molecular weight is 945 g/mol. The smallest absolute Gasteiger partial charge is 0.306 e. The van der Waals surface area contributed by atoms with Crippen molar-refractivity contribution in [3.8, 4) is 0 Å². The summed E-state index contributed by atoms with van der Waals surface area (Å²) in [4.78, 5) is 25.8. The third-order valence-electron chi connectivity index (χ3n) is 12.5. The van der Waals surface area contributed by atoms with Crippen LogP contribution >= 0.6 is 0 Å². The van der Waals surface area contributed by atoms with Gasteiger partial charge in [-0.05, 0) is 44.9 Å². The number of ether oxygens (including phenoxy) is 6. The Balaban J connectivity index is 1.80. The fourth-order valence-corrected chi connectivity index (χ4v) is 8.24. The third-order valence-corrected chi connectivity index (χ3v) is 12.5. The standard InChI is InChI=1S/C51H92O15/c1-3-5-7-9-11-13-15-17-19-21-23-25-27-29-31-33-42(53)61-36-39(64-43(54)34-32-30-28-26-24-22-20-18-16-14-12-10-8-6-4-2)37-62-50-49(60)47(58)45(56)41(66-50)38-63-51-48(59)46(57)44(55)40(35-52)65-51/h3,10,12,39-41,44-52,55-60H,1,4-9,11,13-38H2,2H3/b12-10+/t39-,40-,41-,44+,45+,46?,47?,48?,49?,50-,51-/m1/s1. The van der Waals surface area contributed by atoms with Crippen molar-refractivity contribution < 1.29 is 73.8 Å². The van der Waals surface area contributed by atoms with Crippen LogP contribution in [0.4, 0.5) is 0 Å². The first-order valence-electron chi connectivity index (χ1n) is 25.9. The van der Waals surface area contributed by atoms with Crippen molar-refractivity contribution >= 4 is 11.9 Å². The van der Waals surface area contributed by atoms with Crippen LogP contribution in [0.25, 0.3) is 0 Å². The molecule has 2 fully saturated rings. The predicted octanol–water partition coefficient (Wildman–Crippen LogP) is 7.16. The highest BCUT2D eigenvalue weighted by molar-refractivity contribution is 5.70. The predicted molar refractivity (Wildman–Crippen MR) is 252 cm³/mol. The highest BCUT2D eigenvalue weighted by Gasteiger charge is 2.47. The molecule has 0 bridgehead atoms. The van der Waals surface area contributed by atoms with Crippen LogP contribution in [0.3, 0.4) is 0 Å². The normalized spacial score (nSPS) is 26.1. The van der Waals surface area contributed by atoms with Crippen LogP contribution in [0, 0.1) is 0 Å². The van der Waals surface area contributed by atoms with E-state index in [1.165, 1.54) is 109 Å². The van der Waals surface area contributed by atoms with Crippen molar-refractivity contribution in [3.05, 3.63) is 24.8 Å². The molecule has 2 saturated heterocycles. The third kappa shape index (κ3) is 26.7. The molecular formula is C51H92O15. The average Bonchev–Trinajstić information content (AvgIpc) is 3.31. The summed E-state index contributed by atoms with van der Waals surface area (Å²) in [5, 5.41) is 72.1. The Morgan fingerprint density at radius 3 is 1.44 bits per heavy atom. The summed E-state index contributed by atoms with van der Waals surface area (Å²) in [7, 11) is 0. The number of unbranched alkanes of at least 4 members (excludes halogenated alkanes) is 24. The van der Waals surface area contributed by atoms with Crippen LogP contribution in [-0.2, 0) is 38.0 Å². The highest BCUT2D eigenvalue weighted by atomic mass is 16.7. The van der Waals surface area contributed by atoms with Gasteiger partial charge in [0.1, 0.15) is 55.4 Å². The summed E-state index contributed by atoms with van der Waals surface area (Å²) in [6.45, 7) is 4.10. The Morgan fingerprint density at radius 1 is 0.515 bits per heavy atom. The zero-order valence-electron chi connectivity index (χ0n) is 40.5. The second-order valence-electron chi connectivity index (χ2n) is 18.4. The van der Waals surface area contributed by atoms with E-state index < -0.39 is 92.7 Å². The van der Waals surface area contributed by atoms with E-state index in [9.17, 15) is 45.3 Å². The summed E-state index contributed by atoms with van der Waals surface area (Å²) in [5.74, 6) is -0.924. The minimum absolute atomic E-state index is 0.164. The van der Waals surface area contributed by atoms with Gasteiger partial charge in [0, 0.05) is 12.8 Å². The Labute approximate surface area is 396 Å². The molecule has 4 unspecified atom stereocenters. The highest BCUT2D eigenvalue weighted by Crippen LogP contribution is 2.26. The van der Waals surface area contributed by atoms with Crippen molar-refractivity contribution in [2.75, 3.05) is 26.4 Å². The molecule has 11 atom stereocenters. The van der Waals surface area contributed by atoms with Gasteiger partial charge in [0.25, 0.3) is 0 Å². The molecule has 0 spiro atoms. The number of esters is 2. The Hall–Kier alpha value is -2.02. The first kappa shape index (κ1) is 60.1. The summed E-state index contributed by atoms with van der Waals surface area (Å²) in [5.41, 5.74) is 0. The molecule has 66 heavy (non-hydrogen) atoms. The lowest BCUT2D eigenvalue weighted by Gasteiger charge is -2.42. The molecule has 0 aromatic rings. The van der Waals surface area contributed by atoms with Gasteiger partial charge in [0.2, 0.25) is 0 Å². The first-order chi connectivity index (χ1) is 32.0. The van der Waals surface area contributed by atoms with Gasteiger partial charge < -0.3 is 64.2 Å². The van der Waals surface area contributed by atoms with Gasteiger partial charge in [-0.15, -0.1) is 6.58 Å². The van der Waals surface area contributed by atoms with E-state index in [2.05, 4.69) is 25.7 Å². The zero-order chi connectivity index (χ0) is 48.2. The molecule has 0 aliphatic carbocycles. The molecule has 0 aromatic carbocycles. The van der Waals surface area contributed by atoms with Gasteiger partial charge in [0.05, 0.1) is 19.8 Å². The van der Waals surface area contributed by atoms with Gasteiger partial charge in [-0.25, -0.2) is 0 Å².